The first-order valence-corrected chi connectivity index (χ1v) is 9.11. The minimum atomic E-state index is -4.53. The number of halogens is 3. The van der Waals surface area contributed by atoms with Crippen LogP contribution in [0.25, 0.3) is 0 Å². The number of rotatable bonds is 5. The minimum absolute atomic E-state index is 0.0524. The molecule has 0 atom stereocenters. The fourth-order valence-corrected chi connectivity index (χ4v) is 4.26. The molecule has 0 amide bonds. The third-order valence-corrected chi connectivity index (χ3v) is 5.44. The maximum absolute atomic E-state index is 12.7. The molecule has 0 bridgehead atoms. The number of carboxylic acid groups (broad SMARTS) is 1. The molecule has 1 aromatic rings. The zero-order valence-corrected chi connectivity index (χ0v) is 13.5. The van der Waals surface area contributed by atoms with Crippen LogP contribution in [0.3, 0.4) is 0 Å². The van der Waals surface area contributed by atoms with Gasteiger partial charge in [0.1, 0.15) is 0 Å². The summed E-state index contributed by atoms with van der Waals surface area (Å²) < 4.78 is 64.7. The van der Waals surface area contributed by atoms with Crippen molar-refractivity contribution in [1.82, 2.24) is 4.72 Å². The van der Waals surface area contributed by atoms with Crippen LogP contribution in [0.5, 0.6) is 0 Å². The van der Waals surface area contributed by atoms with Gasteiger partial charge in [-0.25, -0.2) is 13.1 Å². The fourth-order valence-electron chi connectivity index (χ4n) is 2.81. The monoisotopic (exact) mass is 365 g/mol. The maximum Gasteiger partial charge on any atom is 0.416 e. The molecule has 0 spiro atoms. The molecule has 2 rings (SSSR count). The third-order valence-electron chi connectivity index (χ3n) is 4.03. The molecule has 1 aliphatic carbocycles. The molecule has 9 heteroatoms. The number of carbonyl (C=O) groups is 1. The number of benzene rings is 1. The number of sulfonamides is 1. The Labute approximate surface area is 137 Å². The zero-order chi connectivity index (χ0) is 18.0. The maximum atomic E-state index is 12.7. The van der Waals surface area contributed by atoms with E-state index < -0.39 is 39.4 Å². The van der Waals surface area contributed by atoms with E-state index in [1.807, 2.05) is 0 Å². The highest BCUT2D eigenvalue weighted by atomic mass is 32.2. The van der Waals surface area contributed by atoms with E-state index >= 15 is 0 Å². The predicted molar refractivity (Wildman–Crippen MR) is 80.6 cm³/mol. The number of alkyl halides is 3. The van der Waals surface area contributed by atoms with E-state index in [1.165, 1.54) is 12.1 Å². The van der Waals surface area contributed by atoms with E-state index in [9.17, 15) is 26.4 Å². The summed E-state index contributed by atoms with van der Waals surface area (Å²) in [7, 11) is -3.80. The summed E-state index contributed by atoms with van der Waals surface area (Å²) in [5.41, 5.74) is -0.839. The average Bonchev–Trinajstić information content (AvgIpc) is 2.46. The normalized spacial score (nSPS) is 22.3. The summed E-state index contributed by atoms with van der Waals surface area (Å²) in [6, 6.07) is 3.83. The van der Waals surface area contributed by atoms with E-state index in [4.69, 9.17) is 5.11 Å². The lowest BCUT2D eigenvalue weighted by atomic mass is 9.87. The van der Waals surface area contributed by atoms with Crippen molar-refractivity contribution >= 4 is 16.0 Å². The SMILES string of the molecule is O=C(O)C1CCC(NS(=O)(=O)Cc2cccc(C(F)(F)F)c2)CC1. The van der Waals surface area contributed by atoms with Crippen LogP contribution < -0.4 is 4.72 Å². The van der Waals surface area contributed by atoms with Gasteiger partial charge in [-0.2, -0.15) is 13.2 Å². The van der Waals surface area contributed by atoms with Crippen molar-refractivity contribution in [2.75, 3.05) is 0 Å². The second-order valence-corrected chi connectivity index (χ2v) is 7.72. The van der Waals surface area contributed by atoms with E-state index in [-0.39, 0.29) is 11.6 Å². The van der Waals surface area contributed by atoms with Gasteiger partial charge in [0.2, 0.25) is 10.0 Å². The standard InChI is InChI=1S/C15H18F3NO4S/c16-15(17,18)12-3-1-2-10(8-12)9-24(22,23)19-13-6-4-11(5-7-13)14(20)21/h1-3,8,11,13,19H,4-7,9H2,(H,20,21). The Morgan fingerprint density at radius 1 is 1.21 bits per heavy atom. The first-order valence-electron chi connectivity index (χ1n) is 7.46. The number of aliphatic carboxylic acids is 1. The van der Waals surface area contributed by atoms with E-state index in [0.29, 0.717) is 25.7 Å². The Hall–Kier alpha value is -1.61. The highest BCUT2D eigenvalue weighted by Gasteiger charge is 2.31. The smallest absolute Gasteiger partial charge is 0.416 e. The van der Waals surface area contributed by atoms with Crippen molar-refractivity contribution in [3.63, 3.8) is 0 Å². The van der Waals surface area contributed by atoms with E-state index in [1.54, 1.807) is 0 Å². The fraction of sp³-hybridized carbons (Fsp3) is 0.533. The summed E-state index contributed by atoms with van der Waals surface area (Å²) >= 11 is 0. The van der Waals surface area contributed by atoms with Gasteiger partial charge in [-0.1, -0.05) is 18.2 Å². The molecule has 134 valence electrons. The molecule has 1 aliphatic rings. The van der Waals surface area contributed by atoms with Crippen LogP contribution in [0, 0.1) is 5.92 Å². The lowest BCUT2D eigenvalue weighted by Gasteiger charge is -2.26. The molecule has 0 aromatic heterocycles. The van der Waals surface area contributed by atoms with Gasteiger partial charge in [-0.15, -0.1) is 0 Å². The van der Waals surface area contributed by atoms with Crippen LogP contribution in [0.2, 0.25) is 0 Å². The first-order chi connectivity index (χ1) is 11.1. The average molecular weight is 365 g/mol. The number of hydrogen-bond donors (Lipinski definition) is 2. The molecular weight excluding hydrogens is 347 g/mol. The number of nitrogens with one attached hydrogen (secondary N) is 1. The molecule has 0 aliphatic heterocycles. The molecule has 0 unspecified atom stereocenters. The van der Waals surface area contributed by atoms with Crippen molar-refractivity contribution in [3.05, 3.63) is 35.4 Å². The number of carboxylic acids is 1. The van der Waals surface area contributed by atoms with Gasteiger partial charge in [0.15, 0.2) is 0 Å². The van der Waals surface area contributed by atoms with Gasteiger partial charge >= 0.3 is 12.1 Å². The van der Waals surface area contributed by atoms with Crippen molar-refractivity contribution < 1.29 is 31.5 Å². The van der Waals surface area contributed by atoms with Crippen LogP contribution in [0.1, 0.15) is 36.8 Å². The molecule has 1 saturated carbocycles. The van der Waals surface area contributed by atoms with Crippen LogP contribution in [0.15, 0.2) is 24.3 Å². The van der Waals surface area contributed by atoms with Gasteiger partial charge in [-0.3, -0.25) is 4.79 Å². The second-order valence-electron chi connectivity index (χ2n) is 5.96. The highest BCUT2D eigenvalue weighted by molar-refractivity contribution is 7.88. The molecule has 0 saturated heterocycles. The summed E-state index contributed by atoms with van der Waals surface area (Å²) in [6.07, 6.45) is -2.96. The summed E-state index contributed by atoms with van der Waals surface area (Å²) in [6.45, 7) is 0. The van der Waals surface area contributed by atoms with Crippen LogP contribution in [-0.4, -0.2) is 25.5 Å². The highest BCUT2D eigenvalue weighted by Crippen LogP contribution is 2.30. The summed E-state index contributed by atoms with van der Waals surface area (Å²) in [5, 5.41) is 8.91. The largest absolute Gasteiger partial charge is 0.481 e. The van der Waals surface area contributed by atoms with Crippen molar-refractivity contribution in [3.8, 4) is 0 Å². The Kier molecular flexibility index (Phi) is 5.54. The molecule has 0 radical (unpaired) electrons. The summed E-state index contributed by atoms with van der Waals surface area (Å²) in [4.78, 5) is 10.9. The first kappa shape index (κ1) is 18.7. The minimum Gasteiger partial charge on any atom is -0.481 e. The topological polar surface area (TPSA) is 83.5 Å². The summed E-state index contributed by atoms with van der Waals surface area (Å²) in [5.74, 6) is -1.90. The van der Waals surface area contributed by atoms with E-state index in [0.717, 1.165) is 12.1 Å². The third kappa shape index (κ3) is 5.20. The Morgan fingerprint density at radius 2 is 1.83 bits per heavy atom. The van der Waals surface area contributed by atoms with Gasteiger partial charge in [0.25, 0.3) is 0 Å². The Balaban J connectivity index is 1.98. The number of hydrogen-bond acceptors (Lipinski definition) is 3. The Morgan fingerprint density at radius 3 is 2.38 bits per heavy atom. The molecule has 2 N–H and O–H groups in total. The lowest BCUT2D eigenvalue weighted by molar-refractivity contribution is -0.143. The molecule has 1 aromatic carbocycles. The molecule has 1 fully saturated rings. The predicted octanol–water partition coefficient (Wildman–Crippen LogP) is 2.77. The van der Waals surface area contributed by atoms with Gasteiger partial charge in [0.05, 0.1) is 17.2 Å². The van der Waals surface area contributed by atoms with Crippen LogP contribution >= 0.6 is 0 Å². The van der Waals surface area contributed by atoms with Gasteiger partial charge in [0, 0.05) is 6.04 Å². The quantitative estimate of drug-likeness (QED) is 0.840. The molecule has 0 heterocycles. The molecule has 5 nitrogen and oxygen atoms in total. The second kappa shape index (κ2) is 7.10. The lowest BCUT2D eigenvalue weighted by Crippen LogP contribution is -2.39. The van der Waals surface area contributed by atoms with Gasteiger partial charge < -0.3 is 5.11 Å². The molecule has 24 heavy (non-hydrogen) atoms. The van der Waals surface area contributed by atoms with Crippen molar-refractivity contribution in [2.45, 2.75) is 43.7 Å². The molecular formula is C15H18F3NO4S. The zero-order valence-electron chi connectivity index (χ0n) is 12.7. The van der Waals surface area contributed by atoms with Crippen LogP contribution in [0.4, 0.5) is 13.2 Å². The van der Waals surface area contributed by atoms with Crippen LogP contribution in [-0.2, 0) is 26.7 Å². The van der Waals surface area contributed by atoms with Gasteiger partial charge in [-0.05, 0) is 37.3 Å². The van der Waals surface area contributed by atoms with E-state index in [2.05, 4.69) is 4.72 Å². The van der Waals surface area contributed by atoms with Crippen molar-refractivity contribution in [2.24, 2.45) is 5.92 Å². The van der Waals surface area contributed by atoms with Crippen molar-refractivity contribution in [1.29, 1.82) is 0 Å². The Bertz CT molecular complexity index is 695.